The fraction of sp³-hybridized carbons (Fsp3) is 0.381. The van der Waals surface area contributed by atoms with Gasteiger partial charge in [0.05, 0.1) is 0 Å². The number of hydrogen-bond acceptors (Lipinski definition) is 2. The van der Waals surface area contributed by atoms with E-state index >= 15 is 0 Å². The first-order valence-corrected chi connectivity index (χ1v) is 9.66. The van der Waals surface area contributed by atoms with Crippen LogP contribution < -0.4 is 9.47 Å². The van der Waals surface area contributed by atoms with E-state index in [2.05, 4.69) is 70.8 Å². The third-order valence-electron chi connectivity index (χ3n) is 5.12. The molecular weight excluding hydrogens is 312 g/mol. The molecule has 2 aromatic rings. The fourth-order valence-corrected chi connectivity index (χ4v) is 4.28. The Balaban J connectivity index is 1.66. The minimum atomic E-state index is 0.856. The molecule has 2 aliphatic rings. The predicted octanol–water partition coefficient (Wildman–Crippen LogP) is 3.77. The molecule has 0 amide bonds. The molecular formula is C21H25N2S+. The lowest BCUT2D eigenvalue weighted by Gasteiger charge is -2.37. The highest BCUT2D eigenvalue weighted by Crippen LogP contribution is 2.36. The van der Waals surface area contributed by atoms with Gasteiger partial charge in [0.15, 0.2) is 12.7 Å². The molecule has 0 spiro atoms. The Labute approximate surface area is 150 Å². The minimum absolute atomic E-state index is 0.856. The second-order valence-corrected chi connectivity index (χ2v) is 7.20. The molecule has 0 atom stereocenters. The van der Waals surface area contributed by atoms with Crippen molar-refractivity contribution in [1.29, 1.82) is 0 Å². The average Bonchev–Trinajstić information content (AvgIpc) is 2.62. The molecule has 124 valence electrons. The van der Waals surface area contributed by atoms with Crippen molar-refractivity contribution >= 4 is 30.5 Å². The molecule has 3 heteroatoms. The maximum absolute atomic E-state index is 4.36. The van der Waals surface area contributed by atoms with Crippen molar-refractivity contribution in [3.63, 3.8) is 0 Å². The van der Waals surface area contributed by atoms with Gasteiger partial charge in [-0.1, -0.05) is 0 Å². The first kappa shape index (κ1) is 15.8. The largest absolute Gasteiger partial charge is 0.371 e. The number of pyridine rings is 1. The van der Waals surface area contributed by atoms with Gasteiger partial charge in [0.2, 0.25) is 5.69 Å². The molecule has 0 fully saturated rings. The van der Waals surface area contributed by atoms with Gasteiger partial charge < -0.3 is 4.90 Å². The van der Waals surface area contributed by atoms with Crippen LogP contribution in [0, 0.1) is 0 Å². The summed E-state index contributed by atoms with van der Waals surface area (Å²) in [6.07, 6.45) is 11.7. The SMILES string of the molecule is SCC[n+]1ccccc1/C=C/c1cc2c3c(c1)CCCN3CCC2. The van der Waals surface area contributed by atoms with Crippen LogP contribution in [0.4, 0.5) is 5.69 Å². The van der Waals surface area contributed by atoms with Crippen LogP contribution in [0.2, 0.25) is 0 Å². The minimum Gasteiger partial charge on any atom is -0.371 e. The number of hydrogen-bond donors (Lipinski definition) is 1. The summed E-state index contributed by atoms with van der Waals surface area (Å²) in [6.45, 7) is 3.42. The summed E-state index contributed by atoms with van der Waals surface area (Å²) in [4.78, 5) is 2.60. The van der Waals surface area contributed by atoms with E-state index in [1.165, 1.54) is 50.0 Å². The summed E-state index contributed by atoms with van der Waals surface area (Å²) in [7, 11) is 0. The summed E-state index contributed by atoms with van der Waals surface area (Å²) in [5, 5.41) is 0. The van der Waals surface area contributed by atoms with Crippen LogP contribution in [0.25, 0.3) is 12.2 Å². The zero-order valence-electron chi connectivity index (χ0n) is 14.1. The van der Waals surface area contributed by atoms with Crippen molar-refractivity contribution < 1.29 is 4.57 Å². The number of aromatic nitrogens is 1. The molecule has 0 aliphatic carbocycles. The van der Waals surface area contributed by atoms with Gasteiger partial charge in [-0.25, -0.2) is 0 Å². The topological polar surface area (TPSA) is 7.12 Å². The normalized spacial score (nSPS) is 16.5. The molecule has 4 rings (SSSR count). The van der Waals surface area contributed by atoms with E-state index in [9.17, 15) is 0 Å². The van der Waals surface area contributed by atoms with Crippen molar-refractivity contribution in [1.82, 2.24) is 0 Å². The van der Waals surface area contributed by atoms with Crippen LogP contribution in [0.3, 0.4) is 0 Å². The van der Waals surface area contributed by atoms with Crippen molar-refractivity contribution in [3.05, 3.63) is 58.9 Å². The van der Waals surface area contributed by atoms with E-state index < -0.39 is 0 Å². The monoisotopic (exact) mass is 337 g/mol. The van der Waals surface area contributed by atoms with Gasteiger partial charge in [-0.2, -0.15) is 17.2 Å². The first-order valence-electron chi connectivity index (χ1n) is 9.03. The number of nitrogens with zero attached hydrogens (tertiary/aromatic N) is 2. The highest BCUT2D eigenvalue weighted by atomic mass is 32.1. The smallest absolute Gasteiger partial charge is 0.205 e. The lowest BCUT2D eigenvalue weighted by molar-refractivity contribution is -0.694. The number of anilines is 1. The van der Waals surface area contributed by atoms with E-state index in [0.29, 0.717) is 0 Å². The molecule has 0 saturated carbocycles. The summed E-state index contributed by atoms with van der Waals surface area (Å²) in [6, 6.07) is 11.2. The van der Waals surface area contributed by atoms with Crippen LogP contribution in [0.1, 0.15) is 35.2 Å². The highest BCUT2D eigenvalue weighted by Gasteiger charge is 2.23. The molecule has 1 aromatic carbocycles. The Morgan fingerprint density at radius 1 is 1.04 bits per heavy atom. The van der Waals surface area contributed by atoms with E-state index in [4.69, 9.17) is 0 Å². The first-order chi connectivity index (χ1) is 11.8. The third-order valence-corrected chi connectivity index (χ3v) is 5.32. The van der Waals surface area contributed by atoms with Crippen LogP contribution >= 0.6 is 12.6 Å². The Morgan fingerprint density at radius 3 is 2.50 bits per heavy atom. The molecule has 0 unspecified atom stereocenters. The molecule has 0 radical (unpaired) electrons. The summed E-state index contributed by atoms with van der Waals surface area (Å²) in [5.74, 6) is 0.856. The van der Waals surface area contributed by atoms with Crippen LogP contribution in [-0.4, -0.2) is 18.8 Å². The van der Waals surface area contributed by atoms with E-state index in [0.717, 1.165) is 12.3 Å². The number of rotatable bonds is 4. The van der Waals surface area contributed by atoms with Gasteiger partial charge in [0, 0.05) is 42.7 Å². The zero-order chi connectivity index (χ0) is 16.4. The van der Waals surface area contributed by atoms with Gasteiger partial charge in [-0.15, -0.1) is 0 Å². The van der Waals surface area contributed by atoms with Crippen LogP contribution in [-0.2, 0) is 19.4 Å². The van der Waals surface area contributed by atoms with Crippen LogP contribution in [0.15, 0.2) is 36.5 Å². The molecule has 0 saturated heterocycles. The van der Waals surface area contributed by atoms with Gasteiger partial charge >= 0.3 is 0 Å². The van der Waals surface area contributed by atoms with Crippen LogP contribution in [0.5, 0.6) is 0 Å². The van der Waals surface area contributed by atoms with Gasteiger partial charge in [0.1, 0.15) is 0 Å². The standard InChI is InChI=1S/C21H24N2S/c24-14-13-22-10-2-1-7-20(22)9-8-17-15-18-5-3-11-23-12-4-6-19(16-17)21(18)23/h1-2,7-10,15-16H,3-6,11-14H2/p+1. The molecule has 3 heterocycles. The third kappa shape index (κ3) is 3.10. The maximum Gasteiger partial charge on any atom is 0.205 e. The lowest BCUT2D eigenvalue weighted by atomic mass is 9.90. The number of aryl methyl sites for hydroxylation is 3. The average molecular weight is 338 g/mol. The summed E-state index contributed by atoms with van der Waals surface area (Å²) < 4.78 is 2.26. The Kier molecular flexibility index (Phi) is 4.61. The van der Waals surface area contributed by atoms with Gasteiger partial charge in [0.25, 0.3) is 0 Å². The number of benzene rings is 1. The molecule has 1 aromatic heterocycles. The molecule has 0 bridgehead atoms. The van der Waals surface area contributed by atoms with E-state index in [1.54, 1.807) is 16.8 Å². The second-order valence-electron chi connectivity index (χ2n) is 6.76. The zero-order valence-corrected chi connectivity index (χ0v) is 15.0. The Bertz CT molecular complexity index is 735. The Hall–Kier alpha value is -1.74. The van der Waals surface area contributed by atoms with E-state index in [-0.39, 0.29) is 0 Å². The van der Waals surface area contributed by atoms with E-state index in [1.807, 2.05) is 0 Å². The van der Waals surface area contributed by atoms with Crippen molar-refractivity contribution in [2.45, 2.75) is 32.2 Å². The summed E-state index contributed by atoms with van der Waals surface area (Å²) in [5.41, 5.74) is 7.23. The molecule has 2 nitrogen and oxygen atoms in total. The number of thiol groups is 1. The van der Waals surface area contributed by atoms with Gasteiger partial charge in [-0.3, -0.25) is 0 Å². The quantitative estimate of drug-likeness (QED) is 0.659. The van der Waals surface area contributed by atoms with Gasteiger partial charge in [-0.05, 0) is 66.6 Å². The molecule has 2 aliphatic heterocycles. The highest BCUT2D eigenvalue weighted by molar-refractivity contribution is 7.80. The molecule has 24 heavy (non-hydrogen) atoms. The lowest BCUT2D eigenvalue weighted by Crippen LogP contribution is -2.37. The van der Waals surface area contributed by atoms with Crippen molar-refractivity contribution in [2.24, 2.45) is 0 Å². The fourth-order valence-electron chi connectivity index (χ4n) is 4.06. The Morgan fingerprint density at radius 2 is 1.79 bits per heavy atom. The summed E-state index contributed by atoms with van der Waals surface area (Å²) >= 11 is 4.36. The maximum atomic E-state index is 4.36. The van der Waals surface area contributed by atoms with Crippen molar-refractivity contribution in [3.8, 4) is 0 Å². The predicted molar refractivity (Wildman–Crippen MR) is 105 cm³/mol. The van der Waals surface area contributed by atoms with Crippen molar-refractivity contribution in [2.75, 3.05) is 23.7 Å². The molecule has 0 N–H and O–H groups in total. The second kappa shape index (κ2) is 7.02.